The van der Waals surface area contributed by atoms with E-state index in [1.807, 2.05) is 62.4 Å². The van der Waals surface area contributed by atoms with E-state index in [-0.39, 0.29) is 6.10 Å². The van der Waals surface area contributed by atoms with E-state index in [0.29, 0.717) is 6.54 Å². The summed E-state index contributed by atoms with van der Waals surface area (Å²) in [7, 11) is 1.67. The molecule has 0 aliphatic carbocycles. The molecular formula is C18H22N2O2. The maximum Gasteiger partial charge on any atom is 0.123 e. The number of methoxy groups -OCH3 is 1. The fraction of sp³-hybridized carbons (Fsp3) is 0.278. The summed E-state index contributed by atoms with van der Waals surface area (Å²) in [5.74, 6) is 1.73. The lowest BCUT2D eigenvalue weighted by Gasteiger charge is -2.09. The van der Waals surface area contributed by atoms with Gasteiger partial charge in [-0.2, -0.15) is 5.10 Å². The zero-order valence-electron chi connectivity index (χ0n) is 13.2. The van der Waals surface area contributed by atoms with E-state index >= 15 is 0 Å². The van der Waals surface area contributed by atoms with Crippen molar-refractivity contribution in [1.82, 2.24) is 5.43 Å². The van der Waals surface area contributed by atoms with Crippen LogP contribution in [0.5, 0.6) is 11.5 Å². The van der Waals surface area contributed by atoms with Crippen molar-refractivity contribution in [2.24, 2.45) is 5.10 Å². The van der Waals surface area contributed by atoms with Crippen LogP contribution in [0.2, 0.25) is 0 Å². The zero-order chi connectivity index (χ0) is 15.8. The molecule has 0 aliphatic heterocycles. The van der Waals surface area contributed by atoms with Gasteiger partial charge in [-0.3, -0.25) is 0 Å². The molecule has 0 saturated carbocycles. The van der Waals surface area contributed by atoms with E-state index in [9.17, 15) is 0 Å². The van der Waals surface area contributed by atoms with E-state index in [2.05, 4.69) is 10.5 Å². The number of nitrogens with one attached hydrogen (secondary N) is 1. The highest BCUT2D eigenvalue weighted by Crippen LogP contribution is 2.16. The number of hydrogen-bond donors (Lipinski definition) is 1. The van der Waals surface area contributed by atoms with Crippen LogP contribution in [0.1, 0.15) is 25.0 Å². The third kappa shape index (κ3) is 4.81. The normalized spacial score (nSPS) is 10.9. The van der Waals surface area contributed by atoms with Crippen molar-refractivity contribution < 1.29 is 9.47 Å². The fourth-order valence-corrected chi connectivity index (χ4v) is 2.00. The number of hydrogen-bond acceptors (Lipinski definition) is 4. The van der Waals surface area contributed by atoms with Crippen molar-refractivity contribution in [2.45, 2.75) is 26.5 Å². The molecule has 1 N–H and O–H groups in total. The molecule has 4 nitrogen and oxygen atoms in total. The Morgan fingerprint density at radius 3 is 2.50 bits per heavy atom. The van der Waals surface area contributed by atoms with E-state index in [0.717, 1.165) is 22.6 Å². The van der Waals surface area contributed by atoms with Crippen LogP contribution >= 0.6 is 0 Å². The second kappa shape index (κ2) is 8.08. The molecule has 0 atom stereocenters. The van der Waals surface area contributed by atoms with Crippen LogP contribution in [0, 0.1) is 0 Å². The standard InChI is InChI=1S/C18H22N2O2/c1-14(2)22-17-10-8-15(9-11-17)12-19-20-13-16-6-4-5-7-18(16)21-3/h4-12,14,20H,13H2,1-3H3/b19-12-. The van der Waals surface area contributed by atoms with Gasteiger partial charge in [0.1, 0.15) is 11.5 Å². The Kier molecular flexibility index (Phi) is 5.83. The SMILES string of the molecule is COc1ccccc1CN/N=C\c1ccc(OC(C)C)cc1. The zero-order valence-corrected chi connectivity index (χ0v) is 13.2. The van der Waals surface area contributed by atoms with Gasteiger partial charge in [-0.15, -0.1) is 0 Å². The first-order valence-electron chi connectivity index (χ1n) is 7.33. The van der Waals surface area contributed by atoms with Crippen molar-refractivity contribution >= 4 is 6.21 Å². The number of rotatable bonds is 7. The lowest BCUT2D eigenvalue weighted by molar-refractivity contribution is 0.242. The first-order chi connectivity index (χ1) is 10.7. The van der Waals surface area contributed by atoms with Gasteiger partial charge in [0.05, 0.1) is 26.0 Å². The van der Waals surface area contributed by atoms with Crippen molar-refractivity contribution in [3.8, 4) is 11.5 Å². The van der Waals surface area contributed by atoms with Crippen molar-refractivity contribution in [1.29, 1.82) is 0 Å². The summed E-state index contributed by atoms with van der Waals surface area (Å²) in [6.45, 7) is 4.64. The number of para-hydroxylation sites is 1. The third-order valence-corrected chi connectivity index (χ3v) is 3.02. The summed E-state index contributed by atoms with van der Waals surface area (Å²) in [5.41, 5.74) is 5.12. The first kappa shape index (κ1) is 15.9. The highest BCUT2D eigenvalue weighted by atomic mass is 16.5. The van der Waals surface area contributed by atoms with Gasteiger partial charge in [0, 0.05) is 5.56 Å². The molecule has 0 radical (unpaired) electrons. The molecule has 0 bridgehead atoms. The molecule has 0 aliphatic rings. The highest BCUT2D eigenvalue weighted by molar-refractivity contribution is 5.79. The average molecular weight is 298 g/mol. The predicted octanol–water partition coefficient (Wildman–Crippen LogP) is 3.61. The summed E-state index contributed by atoms with van der Waals surface area (Å²) < 4.78 is 10.9. The van der Waals surface area contributed by atoms with Gasteiger partial charge in [0.2, 0.25) is 0 Å². The molecule has 0 fully saturated rings. The van der Waals surface area contributed by atoms with Crippen LogP contribution in [-0.4, -0.2) is 19.4 Å². The van der Waals surface area contributed by atoms with Gasteiger partial charge in [0.15, 0.2) is 0 Å². The molecular weight excluding hydrogens is 276 g/mol. The number of hydrazone groups is 1. The summed E-state index contributed by atoms with van der Waals surface area (Å²) in [6.07, 6.45) is 1.97. The molecule has 116 valence electrons. The molecule has 0 aromatic heterocycles. The molecule has 0 amide bonds. The summed E-state index contributed by atoms with van der Waals surface area (Å²) >= 11 is 0. The van der Waals surface area contributed by atoms with Crippen LogP contribution in [0.4, 0.5) is 0 Å². The van der Waals surface area contributed by atoms with Gasteiger partial charge in [-0.25, -0.2) is 0 Å². The third-order valence-electron chi connectivity index (χ3n) is 3.02. The first-order valence-corrected chi connectivity index (χ1v) is 7.33. The molecule has 0 spiro atoms. The monoisotopic (exact) mass is 298 g/mol. The molecule has 0 saturated heterocycles. The maximum absolute atomic E-state index is 5.60. The number of ether oxygens (including phenoxy) is 2. The van der Waals surface area contributed by atoms with Crippen LogP contribution in [0.3, 0.4) is 0 Å². The van der Waals surface area contributed by atoms with Crippen LogP contribution in [-0.2, 0) is 6.54 Å². The van der Waals surface area contributed by atoms with E-state index in [1.54, 1.807) is 13.3 Å². The summed E-state index contributed by atoms with van der Waals surface area (Å²) in [4.78, 5) is 0. The smallest absolute Gasteiger partial charge is 0.123 e. The van der Waals surface area contributed by atoms with Gasteiger partial charge in [-0.1, -0.05) is 18.2 Å². The van der Waals surface area contributed by atoms with Crippen molar-refractivity contribution in [2.75, 3.05) is 7.11 Å². The Hall–Kier alpha value is -2.49. The second-order valence-electron chi connectivity index (χ2n) is 5.14. The fourth-order valence-electron chi connectivity index (χ4n) is 2.00. The van der Waals surface area contributed by atoms with Crippen LogP contribution in [0.25, 0.3) is 0 Å². The maximum atomic E-state index is 5.60. The van der Waals surface area contributed by atoms with Crippen molar-refractivity contribution in [3.63, 3.8) is 0 Å². The van der Waals surface area contributed by atoms with Gasteiger partial charge >= 0.3 is 0 Å². The Bertz CT molecular complexity index is 607. The average Bonchev–Trinajstić information content (AvgIpc) is 2.53. The van der Waals surface area contributed by atoms with Crippen LogP contribution in [0.15, 0.2) is 53.6 Å². The Morgan fingerprint density at radius 1 is 1.09 bits per heavy atom. The van der Waals surface area contributed by atoms with Crippen LogP contribution < -0.4 is 14.9 Å². The summed E-state index contributed by atoms with van der Waals surface area (Å²) in [6, 6.07) is 15.7. The van der Waals surface area contributed by atoms with Gasteiger partial charge < -0.3 is 14.9 Å². The largest absolute Gasteiger partial charge is 0.496 e. The predicted molar refractivity (Wildman–Crippen MR) is 89.6 cm³/mol. The lowest BCUT2D eigenvalue weighted by atomic mass is 10.2. The highest BCUT2D eigenvalue weighted by Gasteiger charge is 1.99. The minimum absolute atomic E-state index is 0.182. The molecule has 4 heteroatoms. The topological polar surface area (TPSA) is 42.8 Å². The number of benzene rings is 2. The molecule has 0 unspecified atom stereocenters. The van der Waals surface area contributed by atoms with E-state index in [4.69, 9.17) is 9.47 Å². The second-order valence-corrected chi connectivity index (χ2v) is 5.14. The Morgan fingerprint density at radius 2 is 1.82 bits per heavy atom. The molecule has 2 aromatic carbocycles. The molecule has 2 rings (SSSR count). The van der Waals surface area contributed by atoms with Gasteiger partial charge in [0.25, 0.3) is 0 Å². The Balaban J connectivity index is 1.87. The minimum Gasteiger partial charge on any atom is -0.496 e. The van der Waals surface area contributed by atoms with Crippen molar-refractivity contribution in [3.05, 3.63) is 59.7 Å². The molecule has 22 heavy (non-hydrogen) atoms. The van der Waals surface area contributed by atoms with E-state index in [1.165, 1.54) is 0 Å². The lowest BCUT2D eigenvalue weighted by Crippen LogP contribution is -2.07. The Labute approximate surface area is 131 Å². The molecule has 0 heterocycles. The quantitative estimate of drug-likeness (QED) is 0.627. The van der Waals surface area contributed by atoms with Gasteiger partial charge in [-0.05, 0) is 49.7 Å². The molecule has 2 aromatic rings. The summed E-state index contributed by atoms with van der Waals surface area (Å²) in [5, 5.41) is 4.23. The minimum atomic E-state index is 0.182. The van der Waals surface area contributed by atoms with E-state index < -0.39 is 0 Å². The number of nitrogens with zero attached hydrogens (tertiary/aromatic N) is 1.